The second-order valence-electron chi connectivity index (χ2n) is 7.18. The third kappa shape index (κ3) is 7.17. The average Bonchev–Trinajstić information content (AvgIpc) is 2.78. The van der Waals surface area contributed by atoms with Crippen LogP contribution in [0, 0.1) is 0 Å². The van der Waals surface area contributed by atoms with Crippen LogP contribution < -0.4 is 9.84 Å². The molecule has 2 rings (SSSR count). The van der Waals surface area contributed by atoms with Crippen molar-refractivity contribution in [1.82, 2.24) is 4.90 Å². The van der Waals surface area contributed by atoms with Crippen LogP contribution in [-0.4, -0.2) is 42.4 Å². The molecule has 0 aliphatic rings. The number of carbonyl (C=O) groups is 1. The molecule has 31 heavy (non-hydrogen) atoms. The van der Waals surface area contributed by atoms with Crippen molar-refractivity contribution in [2.75, 3.05) is 20.3 Å². The van der Waals surface area contributed by atoms with Crippen molar-refractivity contribution in [3.63, 3.8) is 0 Å². The Bertz CT molecular complexity index is 876. The van der Waals surface area contributed by atoms with Crippen molar-refractivity contribution in [3.8, 4) is 5.75 Å². The Balaban J connectivity index is 2.38. The van der Waals surface area contributed by atoms with Crippen LogP contribution in [0.25, 0.3) is 0 Å². The van der Waals surface area contributed by atoms with Gasteiger partial charge in [-0.25, -0.2) is 0 Å². The minimum Gasteiger partial charge on any atom is -0.609 e. The Morgan fingerprint density at radius 3 is 2.19 bits per heavy atom. The number of nitrogens with zero attached hydrogens (tertiary/aromatic N) is 2. The summed E-state index contributed by atoms with van der Waals surface area (Å²) in [6, 6.07) is 17.2. The summed E-state index contributed by atoms with van der Waals surface area (Å²) in [6.45, 7) is 9.10. The fraction of sp³-hybridized carbons (Fsp3) is 0.360. The van der Waals surface area contributed by atoms with Crippen LogP contribution in [0.5, 0.6) is 5.75 Å². The van der Waals surface area contributed by atoms with Gasteiger partial charge in [0.1, 0.15) is 25.0 Å². The molecule has 0 bridgehead atoms. The molecule has 1 amide bonds. The van der Waals surface area contributed by atoms with Crippen LogP contribution in [0.4, 0.5) is 0 Å². The molecule has 0 radical (unpaired) electrons. The fourth-order valence-corrected chi connectivity index (χ4v) is 3.12. The third-order valence-corrected chi connectivity index (χ3v) is 4.81. The summed E-state index contributed by atoms with van der Waals surface area (Å²) < 4.78 is 11.9. The van der Waals surface area contributed by atoms with E-state index in [2.05, 4.69) is 6.72 Å². The van der Waals surface area contributed by atoms with E-state index in [1.54, 1.807) is 18.9 Å². The van der Waals surface area contributed by atoms with Gasteiger partial charge in [0, 0.05) is 19.5 Å². The highest BCUT2D eigenvalue weighted by Crippen LogP contribution is 2.18. The number of unbranched alkanes of at least 4 members (excludes halogenated alkanes) is 1. The molecule has 6 heteroatoms. The Kier molecular flexibility index (Phi) is 9.62. The molecule has 0 atom stereocenters. The maximum atomic E-state index is 13.6. The lowest BCUT2D eigenvalue weighted by molar-refractivity contribution is -0.484. The van der Waals surface area contributed by atoms with Crippen molar-refractivity contribution in [1.29, 1.82) is 0 Å². The first-order chi connectivity index (χ1) is 15.0. The van der Waals surface area contributed by atoms with Gasteiger partial charge in [-0.05, 0) is 29.9 Å². The van der Waals surface area contributed by atoms with E-state index in [-0.39, 0.29) is 12.3 Å². The van der Waals surface area contributed by atoms with E-state index >= 15 is 0 Å². The molecule has 0 fully saturated rings. The fourth-order valence-electron chi connectivity index (χ4n) is 3.12. The van der Waals surface area contributed by atoms with Crippen LogP contribution >= 0.6 is 0 Å². The van der Waals surface area contributed by atoms with E-state index in [0.29, 0.717) is 19.6 Å². The number of amides is 1. The highest BCUT2D eigenvalue weighted by Gasteiger charge is 2.29. The number of ether oxygens (including phenoxy) is 2. The number of carbonyl (C=O) groups excluding carboxylic acids is 1. The van der Waals surface area contributed by atoms with Gasteiger partial charge in [-0.15, -0.1) is 0 Å². The zero-order valence-electron chi connectivity index (χ0n) is 18.7. The van der Waals surface area contributed by atoms with Crippen LogP contribution in [0.1, 0.15) is 37.8 Å². The molecule has 2 aromatic rings. The summed E-state index contributed by atoms with van der Waals surface area (Å²) in [5.74, 6) is -0.303. The molecular formula is C25H32N2O4. The lowest BCUT2D eigenvalue weighted by Crippen LogP contribution is -2.37. The second-order valence-corrected chi connectivity index (χ2v) is 7.18. The van der Waals surface area contributed by atoms with E-state index in [1.807, 2.05) is 61.5 Å². The number of rotatable bonds is 12. The smallest absolute Gasteiger partial charge is 0.321 e. The zero-order chi connectivity index (χ0) is 22.6. The first-order valence-electron chi connectivity index (χ1n) is 10.6. The van der Waals surface area contributed by atoms with Gasteiger partial charge in [0.05, 0.1) is 7.11 Å². The molecule has 0 aliphatic carbocycles. The Hall–Kier alpha value is -3.28. The van der Waals surface area contributed by atoms with Crippen molar-refractivity contribution in [2.24, 2.45) is 0 Å². The topological polar surface area (TPSA) is 64.8 Å². The minimum absolute atomic E-state index is 0.0419. The van der Waals surface area contributed by atoms with Gasteiger partial charge in [-0.3, -0.25) is 4.79 Å². The quantitative estimate of drug-likeness (QED) is 0.227. The largest absolute Gasteiger partial charge is 0.609 e. The van der Waals surface area contributed by atoms with Crippen LogP contribution in [-0.2, 0) is 22.6 Å². The Morgan fingerprint density at radius 2 is 1.65 bits per heavy atom. The van der Waals surface area contributed by atoms with E-state index in [0.717, 1.165) is 29.7 Å². The van der Waals surface area contributed by atoms with E-state index in [9.17, 15) is 9.90 Å². The van der Waals surface area contributed by atoms with Gasteiger partial charge in [0.2, 0.25) is 0 Å². The normalized spacial score (nSPS) is 11.5. The van der Waals surface area contributed by atoms with Crippen LogP contribution in [0.15, 0.2) is 66.2 Å². The molecule has 0 heterocycles. The van der Waals surface area contributed by atoms with Crippen molar-refractivity contribution < 1.29 is 24.0 Å². The minimum atomic E-state index is -0.647. The van der Waals surface area contributed by atoms with E-state index in [4.69, 9.17) is 9.47 Å². The highest BCUT2D eigenvalue weighted by atomic mass is 16.6. The monoisotopic (exact) mass is 424 g/mol. The molecule has 0 unspecified atom stereocenters. The van der Waals surface area contributed by atoms with Crippen molar-refractivity contribution in [2.45, 2.75) is 39.8 Å². The molecule has 2 aromatic carbocycles. The van der Waals surface area contributed by atoms with Gasteiger partial charge in [0.25, 0.3) is 5.70 Å². The molecule has 0 aromatic heterocycles. The predicted molar refractivity (Wildman–Crippen MR) is 119 cm³/mol. The maximum Gasteiger partial charge on any atom is 0.321 e. The number of hydrogen-bond acceptors (Lipinski definition) is 4. The lowest BCUT2D eigenvalue weighted by atomic mass is 10.1. The Labute approximate surface area is 185 Å². The van der Waals surface area contributed by atoms with E-state index in [1.165, 1.54) is 4.58 Å². The van der Waals surface area contributed by atoms with E-state index < -0.39 is 11.9 Å². The predicted octanol–water partition coefficient (Wildman–Crippen LogP) is 3.30. The lowest BCUT2D eigenvalue weighted by Gasteiger charge is -2.25. The van der Waals surface area contributed by atoms with Crippen LogP contribution in [0.3, 0.4) is 0 Å². The first-order valence-corrected chi connectivity index (χ1v) is 10.6. The molecule has 166 valence electrons. The average molecular weight is 425 g/mol. The summed E-state index contributed by atoms with van der Waals surface area (Å²) in [5.41, 5.74) is 1.86. The molecule has 0 aliphatic heterocycles. The van der Waals surface area contributed by atoms with Gasteiger partial charge < -0.3 is 19.5 Å². The third-order valence-electron chi connectivity index (χ3n) is 4.81. The van der Waals surface area contributed by atoms with Crippen molar-refractivity contribution in [3.05, 3.63) is 77.4 Å². The highest BCUT2D eigenvalue weighted by molar-refractivity contribution is 5.91. The molecule has 0 saturated heterocycles. The molecule has 6 nitrogen and oxygen atoms in total. The van der Waals surface area contributed by atoms with Gasteiger partial charge >= 0.3 is 5.91 Å². The maximum absolute atomic E-state index is 13.6. The van der Waals surface area contributed by atoms with Gasteiger partial charge in [0.15, 0.2) is 0 Å². The summed E-state index contributed by atoms with van der Waals surface area (Å²) in [7, 11) is 1.61. The number of benzene rings is 2. The molecule has 0 saturated carbocycles. The zero-order valence-corrected chi connectivity index (χ0v) is 18.7. The van der Waals surface area contributed by atoms with Gasteiger partial charge in [-0.2, -0.15) is 4.58 Å². The SMILES string of the molecule is C=[N+](CCCC)/C(C(=O)N(Cc1ccccc1)Cc1ccc(OC)cc1)=C(/[O-])OCC. The summed E-state index contributed by atoms with van der Waals surface area (Å²) in [5, 5.41) is 12.7. The number of methoxy groups -OCH3 is 1. The van der Waals surface area contributed by atoms with Gasteiger partial charge in [-0.1, -0.05) is 62.7 Å². The summed E-state index contributed by atoms with van der Waals surface area (Å²) >= 11 is 0. The standard InChI is InChI=1S/C25H32N2O4/c1-5-7-17-26(3)23(25(29)31-6-2)24(28)27(18-20-11-9-8-10-12-20)19-21-13-15-22(30-4)16-14-21/h8-16H,3,5-7,17-19H2,1-2,4H3. The molecular weight excluding hydrogens is 392 g/mol. The van der Waals surface area contributed by atoms with Crippen molar-refractivity contribution >= 4 is 12.6 Å². The summed E-state index contributed by atoms with van der Waals surface area (Å²) in [4.78, 5) is 15.2. The molecule has 0 spiro atoms. The van der Waals surface area contributed by atoms with Crippen LogP contribution in [0.2, 0.25) is 0 Å². The first kappa shape index (κ1) is 24.0. The Morgan fingerprint density at radius 1 is 1.03 bits per heavy atom. The second kappa shape index (κ2) is 12.4. The molecule has 0 N–H and O–H groups in total. The number of hydrogen-bond donors (Lipinski definition) is 0. The summed E-state index contributed by atoms with van der Waals surface area (Å²) in [6.07, 6.45) is 1.74.